The fraction of sp³-hybridized carbons (Fsp3) is 0.333. The smallest absolute Gasteiger partial charge is 0.167 e. The third-order valence-electron chi connectivity index (χ3n) is 2.76. The molecule has 0 aliphatic carbocycles. The quantitative estimate of drug-likeness (QED) is 0.828. The Morgan fingerprint density at radius 3 is 2.81 bits per heavy atom. The fourth-order valence-electron chi connectivity index (χ4n) is 1.86. The molecule has 0 unspecified atom stereocenters. The highest BCUT2D eigenvalue weighted by molar-refractivity contribution is 5.68. The van der Waals surface area contributed by atoms with Gasteiger partial charge in [0.25, 0.3) is 0 Å². The van der Waals surface area contributed by atoms with E-state index in [1.165, 1.54) is 6.07 Å². The Hall–Kier alpha value is -2.37. The van der Waals surface area contributed by atoms with Crippen molar-refractivity contribution in [3.8, 4) is 5.75 Å². The van der Waals surface area contributed by atoms with Crippen LogP contribution < -0.4 is 15.8 Å². The molecule has 21 heavy (non-hydrogen) atoms. The number of aryl methyl sites for hydroxylation is 1. The molecule has 0 saturated carbocycles. The number of rotatable bonds is 5. The van der Waals surface area contributed by atoms with Gasteiger partial charge in [0.05, 0.1) is 29.7 Å². The van der Waals surface area contributed by atoms with Crippen LogP contribution in [0.4, 0.5) is 15.8 Å². The number of nitrogens with two attached hydrogens (primary N) is 1. The van der Waals surface area contributed by atoms with Gasteiger partial charge >= 0.3 is 0 Å². The summed E-state index contributed by atoms with van der Waals surface area (Å²) in [6, 6.07) is 4.63. The Morgan fingerprint density at radius 1 is 1.38 bits per heavy atom. The van der Waals surface area contributed by atoms with Crippen LogP contribution in [0.5, 0.6) is 5.75 Å². The molecule has 0 bridgehead atoms. The molecule has 1 aromatic carbocycles. The van der Waals surface area contributed by atoms with E-state index in [0.717, 1.165) is 5.69 Å². The maximum absolute atomic E-state index is 13.8. The molecule has 2 aromatic rings. The number of ether oxygens (including phenoxy) is 1. The number of benzene rings is 1. The highest BCUT2D eigenvalue weighted by atomic mass is 19.1. The molecule has 5 nitrogen and oxygen atoms in total. The summed E-state index contributed by atoms with van der Waals surface area (Å²) < 4.78 is 19.2. The minimum atomic E-state index is -0.468. The first-order valence-electron chi connectivity index (χ1n) is 6.74. The molecule has 0 radical (unpaired) electrons. The third-order valence-corrected chi connectivity index (χ3v) is 2.76. The van der Waals surface area contributed by atoms with E-state index in [0.29, 0.717) is 23.7 Å². The Bertz CT molecular complexity index is 631. The maximum Gasteiger partial charge on any atom is 0.167 e. The van der Waals surface area contributed by atoms with E-state index in [2.05, 4.69) is 15.3 Å². The average Bonchev–Trinajstić information content (AvgIpc) is 2.40. The van der Waals surface area contributed by atoms with Crippen molar-refractivity contribution in [2.45, 2.75) is 33.4 Å². The average molecular weight is 290 g/mol. The Kier molecular flexibility index (Phi) is 4.57. The first-order chi connectivity index (χ1) is 9.95. The monoisotopic (exact) mass is 290 g/mol. The molecule has 0 fully saturated rings. The number of hydrogen-bond donors (Lipinski definition) is 2. The lowest BCUT2D eigenvalue weighted by molar-refractivity contribution is 0.231. The minimum absolute atomic E-state index is 0.111. The van der Waals surface area contributed by atoms with Crippen LogP contribution in [0.3, 0.4) is 0 Å². The summed E-state index contributed by atoms with van der Waals surface area (Å²) in [4.78, 5) is 8.32. The van der Waals surface area contributed by atoms with Crippen LogP contribution >= 0.6 is 0 Å². The van der Waals surface area contributed by atoms with Crippen LogP contribution in [0, 0.1) is 12.7 Å². The summed E-state index contributed by atoms with van der Waals surface area (Å²) >= 11 is 0. The minimum Gasteiger partial charge on any atom is -0.488 e. The topological polar surface area (TPSA) is 73.1 Å². The standard InChI is InChI=1S/C15H19FN4O/c1-9(2)21-15-7-14(13(17)6-12(15)16)19-8-11-4-5-18-10(3)20-11/h4-7,9,19H,8,17H2,1-3H3. The summed E-state index contributed by atoms with van der Waals surface area (Å²) in [6.07, 6.45) is 1.58. The first-order valence-corrected chi connectivity index (χ1v) is 6.74. The van der Waals surface area contributed by atoms with Crippen molar-refractivity contribution in [1.29, 1.82) is 0 Å². The molecular formula is C15H19FN4O. The van der Waals surface area contributed by atoms with E-state index in [4.69, 9.17) is 10.5 Å². The molecule has 0 aliphatic heterocycles. The van der Waals surface area contributed by atoms with Gasteiger partial charge in [-0.3, -0.25) is 0 Å². The van der Waals surface area contributed by atoms with Gasteiger partial charge in [-0.05, 0) is 26.8 Å². The van der Waals surface area contributed by atoms with Gasteiger partial charge in [-0.25, -0.2) is 14.4 Å². The molecule has 2 rings (SSSR count). The van der Waals surface area contributed by atoms with Crippen LogP contribution in [0.15, 0.2) is 24.4 Å². The van der Waals surface area contributed by atoms with E-state index in [1.807, 2.05) is 26.8 Å². The molecule has 0 aliphatic rings. The van der Waals surface area contributed by atoms with Crippen molar-refractivity contribution in [2.75, 3.05) is 11.1 Å². The predicted octanol–water partition coefficient (Wildman–Crippen LogP) is 2.91. The van der Waals surface area contributed by atoms with Gasteiger partial charge in [0.2, 0.25) is 0 Å². The summed E-state index contributed by atoms with van der Waals surface area (Å²) in [6.45, 7) is 5.98. The van der Waals surface area contributed by atoms with Crippen LogP contribution in [-0.4, -0.2) is 16.1 Å². The fourth-order valence-corrected chi connectivity index (χ4v) is 1.86. The lowest BCUT2D eigenvalue weighted by Crippen LogP contribution is -2.09. The first kappa shape index (κ1) is 15.0. The van der Waals surface area contributed by atoms with Crippen LogP contribution in [0.2, 0.25) is 0 Å². The van der Waals surface area contributed by atoms with E-state index in [1.54, 1.807) is 12.3 Å². The predicted molar refractivity (Wildman–Crippen MR) is 80.7 cm³/mol. The summed E-state index contributed by atoms with van der Waals surface area (Å²) in [7, 11) is 0. The lowest BCUT2D eigenvalue weighted by Gasteiger charge is -2.15. The number of aromatic nitrogens is 2. The van der Waals surface area contributed by atoms with E-state index in [9.17, 15) is 4.39 Å². The number of nitrogen functional groups attached to an aromatic ring is 1. The Balaban J connectivity index is 2.15. The second kappa shape index (κ2) is 6.39. The van der Waals surface area contributed by atoms with Crippen LogP contribution in [0.1, 0.15) is 25.4 Å². The normalized spacial score (nSPS) is 10.7. The number of nitrogens with zero attached hydrogens (tertiary/aromatic N) is 2. The molecule has 0 atom stereocenters. The number of nitrogens with one attached hydrogen (secondary N) is 1. The summed E-state index contributed by atoms with van der Waals surface area (Å²) in [5, 5.41) is 3.14. The van der Waals surface area contributed by atoms with Crippen molar-refractivity contribution >= 4 is 11.4 Å². The zero-order valence-corrected chi connectivity index (χ0v) is 12.4. The molecule has 0 spiro atoms. The Labute approximate surface area is 123 Å². The van der Waals surface area contributed by atoms with E-state index >= 15 is 0 Å². The molecule has 0 saturated heterocycles. The largest absolute Gasteiger partial charge is 0.488 e. The van der Waals surface area contributed by atoms with Gasteiger partial charge in [-0.1, -0.05) is 0 Å². The highest BCUT2D eigenvalue weighted by Crippen LogP contribution is 2.29. The van der Waals surface area contributed by atoms with Crippen molar-refractivity contribution in [1.82, 2.24) is 9.97 Å². The number of halogens is 1. The highest BCUT2D eigenvalue weighted by Gasteiger charge is 2.10. The van der Waals surface area contributed by atoms with Gasteiger partial charge in [0.1, 0.15) is 5.82 Å². The summed E-state index contributed by atoms with van der Waals surface area (Å²) in [5.41, 5.74) is 7.60. The molecule has 112 valence electrons. The van der Waals surface area contributed by atoms with Crippen molar-refractivity contribution in [3.05, 3.63) is 41.7 Å². The zero-order valence-electron chi connectivity index (χ0n) is 12.4. The molecule has 1 aromatic heterocycles. The lowest BCUT2D eigenvalue weighted by atomic mass is 10.2. The van der Waals surface area contributed by atoms with Gasteiger partial charge in [0, 0.05) is 18.3 Å². The van der Waals surface area contributed by atoms with Gasteiger partial charge < -0.3 is 15.8 Å². The SMILES string of the molecule is Cc1nccc(CNc2cc(OC(C)C)c(F)cc2N)n1. The number of anilines is 2. The molecular weight excluding hydrogens is 271 g/mol. The molecule has 1 heterocycles. The van der Waals surface area contributed by atoms with Gasteiger partial charge in [0.15, 0.2) is 11.6 Å². The van der Waals surface area contributed by atoms with E-state index < -0.39 is 5.82 Å². The second-order valence-corrected chi connectivity index (χ2v) is 4.99. The maximum atomic E-state index is 13.8. The van der Waals surface area contributed by atoms with Crippen LogP contribution in [0.25, 0.3) is 0 Å². The Morgan fingerprint density at radius 2 is 2.14 bits per heavy atom. The molecule has 6 heteroatoms. The van der Waals surface area contributed by atoms with E-state index in [-0.39, 0.29) is 11.9 Å². The van der Waals surface area contributed by atoms with Crippen molar-refractivity contribution in [2.24, 2.45) is 0 Å². The van der Waals surface area contributed by atoms with Gasteiger partial charge in [-0.2, -0.15) is 0 Å². The zero-order chi connectivity index (χ0) is 15.4. The number of hydrogen-bond acceptors (Lipinski definition) is 5. The second-order valence-electron chi connectivity index (χ2n) is 4.99. The van der Waals surface area contributed by atoms with Gasteiger partial charge in [-0.15, -0.1) is 0 Å². The van der Waals surface area contributed by atoms with Crippen molar-refractivity contribution < 1.29 is 9.13 Å². The van der Waals surface area contributed by atoms with Crippen molar-refractivity contribution in [3.63, 3.8) is 0 Å². The summed E-state index contributed by atoms with van der Waals surface area (Å²) in [5.74, 6) is 0.412. The molecule has 3 N–H and O–H groups in total. The third kappa shape index (κ3) is 4.05. The molecule has 0 amide bonds. The van der Waals surface area contributed by atoms with Crippen LogP contribution in [-0.2, 0) is 6.54 Å².